The average Bonchev–Trinajstić information content (AvgIpc) is 2.53. The number of fused-ring (bicyclic) bond motifs is 1. The highest BCUT2D eigenvalue weighted by Gasteiger charge is 2.09. The first kappa shape index (κ1) is 13.3. The standard InChI is InChI=1S/C16H22N4/c1-2-10-20(11-3-1)12-4-7-18-16-6-9-19-15-5-8-17-13-14(15)16/h5-6,8-9,13H,1-4,7,10-12H2,(H,18,19). The Balaban J connectivity index is 1.52. The first-order valence-corrected chi connectivity index (χ1v) is 7.58. The van der Waals surface area contributed by atoms with Crippen LogP contribution in [0.2, 0.25) is 0 Å². The van der Waals surface area contributed by atoms with Crippen molar-refractivity contribution in [3.63, 3.8) is 0 Å². The molecule has 1 aliphatic heterocycles. The van der Waals surface area contributed by atoms with E-state index in [1.165, 1.54) is 45.3 Å². The molecule has 4 heteroatoms. The van der Waals surface area contributed by atoms with Crippen LogP contribution in [0.4, 0.5) is 5.69 Å². The second-order valence-electron chi connectivity index (χ2n) is 5.43. The molecule has 0 amide bonds. The summed E-state index contributed by atoms with van der Waals surface area (Å²) in [6.07, 6.45) is 10.9. The number of anilines is 1. The summed E-state index contributed by atoms with van der Waals surface area (Å²) in [4.78, 5) is 11.1. The number of hydrogen-bond donors (Lipinski definition) is 1. The van der Waals surface area contributed by atoms with Gasteiger partial charge in [0.1, 0.15) is 0 Å². The van der Waals surface area contributed by atoms with E-state index in [1.807, 2.05) is 24.5 Å². The summed E-state index contributed by atoms with van der Waals surface area (Å²) in [6.45, 7) is 4.77. The third-order valence-electron chi connectivity index (χ3n) is 3.96. The largest absolute Gasteiger partial charge is 0.384 e. The third-order valence-corrected chi connectivity index (χ3v) is 3.96. The molecule has 3 heterocycles. The maximum Gasteiger partial charge on any atom is 0.0753 e. The molecule has 0 spiro atoms. The molecule has 0 aliphatic carbocycles. The van der Waals surface area contributed by atoms with Gasteiger partial charge in [-0.1, -0.05) is 6.42 Å². The van der Waals surface area contributed by atoms with E-state index in [9.17, 15) is 0 Å². The molecule has 1 saturated heterocycles. The van der Waals surface area contributed by atoms with E-state index in [4.69, 9.17) is 0 Å². The molecular formula is C16H22N4. The number of rotatable bonds is 5. The lowest BCUT2D eigenvalue weighted by Crippen LogP contribution is -2.31. The zero-order valence-corrected chi connectivity index (χ0v) is 11.9. The number of nitrogens with zero attached hydrogens (tertiary/aromatic N) is 3. The molecule has 0 atom stereocenters. The lowest BCUT2D eigenvalue weighted by atomic mass is 10.1. The molecule has 1 N–H and O–H groups in total. The number of piperidine rings is 1. The fourth-order valence-electron chi connectivity index (χ4n) is 2.85. The van der Waals surface area contributed by atoms with Crippen molar-refractivity contribution in [1.29, 1.82) is 0 Å². The first-order chi connectivity index (χ1) is 9.93. The minimum Gasteiger partial charge on any atom is -0.384 e. The van der Waals surface area contributed by atoms with Gasteiger partial charge in [-0.2, -0.15) is 0 Å². The van der Waals surface area contributed by atoms with E-state index in [0.717, 1.165) is 23.1 Å². The van der Waals surface area contributed by atoms with Crippen molar-refractivity contribution < 1.29 is 0 Å². The molecule has 0 radical (unpaired) electrons. The molecule has 0 bridgehead atoms. The molecule has 20 heavy (non-hydrogen) atoms. The van der Waals surface area contributed by atoms with Gasteiger partial charge in [-0.3, -0.25) is 9.97 Å². The molecule has 2 aromatic rings. The lowest BCUT2D eigenvalue weighted by molar-refractivity contribution is 0.228. The molecule has 0 unspecified atom stereocenters. The summed E-state index contributed by atoms with van der Waals surface area (Å²) in [6, 6.07) is 3.99. The minimum atomic E-state index is 1.00. The summed E-state index contributed by atoms with van der Waals surface area (Å²) >= 11 is 0. The molecule has 0 aromatic carbocycles. The van der Waals surface area contributed by atoms with E-state index < -0.39 is 0 Å². The quantitative estimate of drug-likeness (QED) is 0.848. The highest BCUT2D eigenvalue weighted by atomic mass is 15.1. The highest BCUT2D eigenvalue weighted by molar-refractivity contribution is 5.89. The fraction of sp³-hybridized carbons (Fsp3) is 0.500. The summed E-state index contributed by atoms with van der Waals surface area (Å²) in [7, 11) is 0. The number of aromatic nitrogens is 2. The van der Waals surface area contributed by atoms with Gasteiger partial charge in [0.2, 0.25) is 0 Å². The Morgan fingerprint density at radius 2 is 2.00 bits per heavy atom. The SMILES string of the molecule is c1cc2nccc(NCCCN3CCCCC3)c2cn1. The summed E-state index contributed by atoms with van der Waals surface area (Å²) in [5, 5.41) is 4.63. The van der Waals surface area contributed by atoms with Gasteiger partial charge in [-0.05, 0) is 51.0 Å². The van der Waals surface area contributed by atoms with Crippen LogP contribution in [0, 0.1) is 0 Å². The zero-order valence-electron chi connectivity index (χ0n) is 11.9. The molecular weight excluding hydrogens is 248 g/mol. The number of hydrogen-bond acceptors (Lipinski definition) is 4. The van der Waals surface area contributed by atoms with Crippen molar-refractivity contribution in [2.24, 2.45) is 0 Å². The molecule has 106 valence electrons. The van der Waals surface area contributed by atoms with Crippen molar-refractivity contribution >= 4 is 16.6 Å². The van der Waals surface area contributed by atoms with Gasteiger partial charge in [0.25, 0.3) is 0 Å². The van der Waals surface area contributed by atoms with Crippen molar-refractivity contribution in [3.05, 3.63) is 30.7 Å². The molecule has 0 saturated carbocycles. The topological polar surface area (TPSA) is 41.1 Å². The summed E-state index contributed by atoms with van der Waals surface area (Å²) in [5.41, 5.74) is 2.14. The molecule has 3 rings (SSSR count). The predicted octanol–water partition coefficient (Wildman–Crippen LogP) is 2.92. The Labute approximate surface area is 120 Å². The van der Waals surface area contributed by atoms with Crippen LogP contribution in [-0.2, 0) is 0 Å². The van der Waals surface area contributed by atoms with Crippen molar-refractivity contribution in [3.8, 4) is 0 Å². The second kappa shape index (κ2) is 6.66. The van der Waals surface area contributed by atoms with Gasteiger partial charge >= 0.3 is 0 Å². The van der Waals surface area contributed by atoms with Crippen LogP contribution < -0.4 is 5.32 Å². The van der Waals surface area contributed by atoms with E-state index in [2.05, 4.69) is 20.2 Å². The van der Waals surface area contributed by atoms with Gasteiger partial charge in [-0.25, -0.2) is 0 Å². The third kappa shape index (κ3) is 3.25. The Kier molecular flexibility index (Phi) is 4.43. The van der Waals surface area contributed by atoms with Crippen LogP contribution in [0.1, 0.15) is 25.7 Å². The van der Waals surface area contributed by atoms with Crippen molar-refractivity contribution in [2.45, 2.75) is 25.7 Å². The Morgan fingerprint density at radius 3 is 2.90 bits per heavy atom. The highest BCUT2D eigenvalue weighted by Crippen LogP contribution is 2.19. The number of likely N-dealkylation sites (tertiary alicyclic amines) is 1. The fourth-order valence-corrected chi connectivity index (χ4v) is 2.85. The maximum atomic E-state index is 4.36. The van der Waals surface area contributed by atoms with E-state index in [1.54, 1.807) is 6.20 Å². The monoisotopic (exact) mass is 270 g/mol. The van der Waals surface area contributed by atoms with Gasteiger partial charge in [0.15, 0.2) is 0 Å². The van der Waals surface area contributed by atoms with Gasteiger partial charge < -0.3 is 10.2 Å². The van der Waals surface area contributed by atoms with E-state index >= 15 is 0 Å². The van der Waals surface area contributed by atoms with Gasteiger partial charge in [0.05, 0.1) is 5.52 Å². The first-order valence-electron chi connectivity index (χ1n) is 7.58. The Hall–Kier alpha value is -1.68. The van der Waals surface area contributed by atoms with E-state index in [0.29, 0.717) is 0 Å². The van der Waals surface area contributed by atoms with Crippen LogP contribution >= 0.6 is 0 Å². The van der Waals surface area contributed by atoms with E-state index in [-0.39, 0.29) is 0 Å². The molecule has 1 aliphatic rings. The van der Waals surface area contributed by atoms with Crippen LogP contribution in [0.5, 0.6) is 0 Å². The van der Waals surface area contributed by atoms with Crippen LogP contribution in [0.3, 0.4) is 0 Å². The summed E-state index contributed by atoms with van der Waals surface area (Å²) < 4.78 is 0. The van der Waals surface area contributed by atoms with Crippen LogP contribution in [0.25, 0.3) is 10.9 Å². The molecule has 1 fully saturated rings. The predicted molar refractivity (Wildman–Crippen MR) is 82.9 cm³/mol. The summed E-state index contributed by atoms with van der Waals surface area (Å²) in [5.74, 6) is 0. The number of pyridine rings is 2. The van der Waals surface area contributed by atoms with Gasteiger partial charge in [-0.15, -0.1) is 0 Å². The van der Waals surface area contributed by atoms with Crippen LogP contribution in [0.15, 0.2) is 30.7 Å². The molecule has 4 nitrogen and oxygen atoms in total. The average molecular weight is 270 g/mol. The minimum absolute atomic E-state index is 1.00. The van der Waals surface area contributed by atoms with Crippen LogP contribution in [-0.4, -0.2) is 41.0 Å². The van der Waals surface area contributed by atoms with Crippen molar-refractivity contribution in [1.82, 2.24) is 14.9 Å². The Morgan fingerprint density at radius 1 is 1.10 bits per heavy atom. The Bertz CT molecular complexity index is 544. The number of nitrogens with one attached hydrogen (secondary N) is 1. The van der Waals surface area contributed by atoms with Gasteiger partial charge in [0, 0.05) is 36.2 Å². The second-order valence-corrected chi connectivity index (χ2v) is 5.43. The van der Waals surface area contributed by atoms with Crippen molar-refractivity contribution in [2.75, 3.05) is 31.5 Å². The zero-order chi connectivity index (χ0) is 13.6. The smallest absolute Gasteiger partial charge is 0.0753 e. The maximum absolute atomic E-state index is 4.36. The normalized spacial score (nSPS) is 16.4. The molecule has 2 aromatic heterocycles. The lowest BCUT2D eigenvalue weighted by Gasteiger charge is -2.26.